The average Bonchev–Trinajstić information content (AvgIpc) is 2.72. The van der Waals surface area contributed by atoms with Crippen LogP contribution in [0, 0.1) is 0 Å². The molecule has 2 aromatic rings. The zero-order valence-electron chi connectivity index (χ0n) is 10.0. The summed E-state index contributed by atoms with van der Waals surface area (Å²) in [6.07, 6.45) is -8.51. The summed E-state index contributed by atoms with van der Waals surface area (Å²) in [6.45, 7) is 0. The van der Waals surface area contributed by atoms with E-state index in [2.05, 4.69) is 5.10 Å². The Morgan fingerprint density at radius 1 is 0.900 bits per heavy atom. The highest BCUT2D eigenvalue weighted by Gasteiger charge is 2.41. The Kier molecular flexibility index (Phi) is 3.27. The molecule has 2 rings (SSSR count). The molecular weight excluding hydrogens is 286 g/mol. The molecule has 8 heteroatoms. The average molecular weight is 294 g/mol. The second-order valence-corrected chi connectivity index (χ2v) is 4.10. The van der Waals surface area contributed by atoms with Crippen molar-refractivity contribution in [3.63, 3.8) is 0 Å². The van der Waals surface area contributed by atoms with Gasteiger partial charge in [0.15, 0.2) is 0 Å². The molecule has 1 heterocycles. The molecule has 0 bridgehead atoms. The minimum atomic E-state index is -4.89. The van der Waals surface area contributed by atoms with Crippen LogP contribution in [-0.4, -0.2) is 9.78 Å². The van der Waals surface area contributed by atoms with Crippen molar-refractivity contribution in [2.75, 3.05) is 0 Å². The van der Waals surface area contributed by atoms with Crippen LogP contribution in [0.4, 0.5) is 26.3 Å². The monoisotopic (exact) mass is 294 g/mol. The van der Waals surface area contributed by atoms with E-state index < -0.39 is 29.0 Å². The van der Waals surface area contributed by atoms with Crippen LogP contribution in [0.3, 0.4) is 0 Å². The fraction of sp³-hybridized carbons (Fsp3) is 0.250. The fourth-order valence-electron chi connectivity index (χ4n) is 1.85. The third-order valence-corrected chi connectivity index (χ3v) is 2.65. The van der Waals surface area contributed by atoms with E-state index in [0.717, 1.165) is 16.8 Å². The van der Waals surface area contributed by atoms with Gasteiger partial charge >= 0.3 is 12.4 Å². The highest BCUT2D eigenvalue weighted by molar-refractivity contribution is 5.69. The molecule has 0 atom stereocenters. The van der Waals surface area contributed by atoms with Crippen LogP contribution in [0.15, 0.2) is 30.5 Å². The van der Waals surface area contributed by atoms with E-state index in [-0.39, 0.29) is 5.69 Å². The highest BCUT2D eigenvalue weighted by Crippen LogP contribution is 2.43. The van der Waals surface area contributed by atoms with Crippen LogP contribution in [0.5, 0.6) is 0 Å². The van der Waals surface area contributed by atoms with E-state index in [4.69, 9.17) is 0 Å². The van der Waals surface area contributed by atoms with Crippen molar-refractivity contribution >= 4 is 0 Å². The molecule has 0 aliphatic heterocycles. The normalized spacial score (nSPS) is 12.8. The van der Waals surface area contributed by atoms with Crippen molar-refractivity contribution in [2.45, 2.75) is 12.4 Å². The largest absolute Gasteiger partial charge is 0.417 e. The quantitative estimate of drug-likeness (QED) is 0.723. The van der Waals surface area contributed by atoms with Crippen LogP contribution < -0.4 is 0 Å². The summed E-state index contributed by atoms with van der Waals surface area (Å²) in [5.41, 5.74) is -4.03. The van der Waals surface area contributed by atoms with E-state index in [9.17, 15) is 26.3 Å². The zero-order chi connectivity index (χ0) is 15.1. The van der Waals surface area contributed by atoms with Crippen molar-refractivity contribution in [1.82, 2.24) is 9.78 Å². The summed E-state index contributed by atoms with van der Waals surface area (Å²) in [6, 6.07) is 3.07. The minimum Gasteiger partial charge on any atom is -0.275 e. The van der Waals surface area contributed by atoms with Gasteiger partial charge < -0.3 is 0 Å². The molecule has 108 valence electrons. The lowest BCUT2D eigenvalue weighted by molar-refractivity contribution is -0.142. The van der Waals surface area contributed by atoms with Crippen LogP contribution >= 0.6 is 0 Å². The zero-order valence-corrected chi connectivity index (χ0v) is 10.0. The standard InChI is InChI=1S/C12H8F6N2/c1-20-6-5-9(19-20)10-7(11(13,14)15)3-2-4-8(10)12(16,17)18/h2-6H,1H3. The molecular formula is C12H8F6N2. The topological polar surface area (TPSA) is 17.8 Å². The summed E-state index contributed by atoms with van der Waals surface area (Å²) in [7, 11) is 1.41. The molecule has 0 unspecified atom stereocenters. The van der Waals surface area contributed by atoms with Gasteiger partial charge in [-0.1, -0.05) is 6.07 Å². The number of hydrogen-bond donors (Lipinski definition) is 0. The molecule has 0 aliphatic rings. The Morgan fingerprint density at radius 2 is 1.40 bits per heavy atom. The smallest absolute Gasteiger partial charge is 0.275 e. The summed E-state index contributed by atoms with van der Waals surface area (Å²) in [5, 5.41) is 3.65. The summed E-state index contributed by atoms with van der Waals surface area (Å²) < 4.78 is 78.6. The molecule has 0 saturated carbocycles. The van der Waals surface area contributed by atoms with Gasteiger partial charge in [-0.25, -0.2) is 0 Å². The molecule has 0 radical (unpaired) electrons. The van der Waals surface area contributed by atoms with Gasteiger partial charge in [0.1, 0.15) is 0 Å². The predicted molar refractivity (Wildman–Crippen MR) is 58.6 cm³/mol. The maximum absolute atomic E-state index is 12.9. The van der Waals surface area contributed by atoms with E-state index in [1.807, 2.05) is 0 Å². The third-order valence-electron chi connectivity index (χ3n) is 2.65. The lowest BCUT2D eigenvalue weighted by Gasteiger charge is -2.17. The number of alkyl halides is 6. The van der Waals surface area contributed by atoms with E-state index in [1.165, 1.54) is 13.2 Å². The molecule has 0 spiro atoms. The number of rotatable bonds is 1. The first kappa shape index (κ1) is 14.4. The number of nitrogens with zero attached hydrogens (tertiary/aromatic N) is 2. The van der Waals surface area contributed by atoms with Crippen molar-refractivity contribution in [2.24, 2.45) is 7.05 Å². The molecule has 0 fully saturated rings. The van der Waals surface area contributed by atoms with Crippen LogP contribution in [-0.2, 0) is 19.4 Å². The van der Waals surface area contributed by atoms with Gasteiger partial charge in [-0.2, -0.15) is 31.4 Å². The Balaban J connectivity index is 2.79. The van der Waals surface area contributed by atoms with E-state index >= 15 is 0 Å². The van der Waals surface area contributed by atoms with Gasteiger partial charge in [-0.15, -0.1) is 0 Å². The van der Waals surface area contributed by atoms with Crippen molar-refractivity contribution in [3.8, 4) is 11.3 Å². The lowest BCUT2D eigenvalue weighted by Crippen LogP contribution is -2.14. The second-order valence-electron chi connectivity index (χ2n) is 4.10. The van der Waals surface area contributed by atoms with Gasteiger partial charge in [0, 0.05) is 18.8 Å². The van der Waals surface area contributed by atoms with Gasteiger partial charge in [-0.3, -0.25) is 4.68 Å². The number of aryl methyl sites for hydroxylation is 1. The van der Waals surface area contributed by atoms with Crippen LogP contribution in [0.1, 0.15) is 11.1 Å². The molecule has 2 nitrogen and oxygen atoms in total. The molecule has 0 amide bonds. The maximum atomic E-state index is 12.9. The summed E-state index contributed by atoms with van der Waals surface area (Å²) >= 11 is 0. The molecule has 0 aliphatic carbocycles. The minimum absolute atomic E-state index is 0.368. The van der Waals surface area contributed by atoms with Gasteiger partial charge in [0.05, 0.1) is 16.8 Å². The number of benzene rings is 1. The summed E-state index contributed by atoms with van der Waals surface area (Å²) in [5.74, 6) is 0. The SMILES string of the molecule is Cn1ccc(-c2c(C(F)(F)F)cccc2C(F)(F)F)n1. The van der Waals surface area contributed by atoms with Crippen molar-refractivity contribution in [3.05, 3.63) is 41.6 Å². The maximum Gasteiger partial charge on any atom is 0.417 e. The molecule has 1 aromatic carbocycles. The van der Waals surface area contributed by atoms with Crippen molar-refractivity contribution < 1.29 is 26.3 Å². The fourth-order valence-corrected chi connectivity index (χ4v) is 1.85. The number of halogens is 6. The molecule has 1 aromatic heterocycles. The van der Waals surface area contributed by atoms with Crippen LogP contribution in [0.2, 0.25) is 0 Å². The first-order valence-electron chi connectivity index (χ1n) is 5.38. The Hall–Kier alpha value is -1.99. The number of hydrogen-bond acceptors (Lipinski definition) is 1. The molecule has 0 saturated heterocycles. The lowest BCUT2D eigenvalue weighted by atomic mass is 9.97. The highest BCUT2D eigenvalue weighted by atomic mass is 19.4. The second kappa shape index (κ2) is 4.53. The van der Waals surface area contributed by atoms with Gasteiger partial charge in [0.2, 0.25) is 0 Å². The number of aromatic nitrogens is 2. The van der Waals surface area contributed by atoms with Gasteiger partial charge in [-0.05, 0) is 18.2 Å². The van der Waals surface area contributed by atoms with Crippen LogP contribution in [0.25, 0.3) is 11.3 Å². The summed E-state index contributed by atoms with van der Waals surface area (Å²) in [4.78, 5) is 0. The predicted octanol–water partition coefficient (Wildman–Crippen LogP) is 4.12. The first-order chi connectivity index (χ1) is 9.10. The third kappa shape index (κ3) is 2.63. The Labute approximate surface area is 109 Å². The Morgan fingerprint density at radius 3 is 1.75 bits per heavy atom. The molecule has 20 heavy (non-hydrogen) atoms. The van der Waals surface area contributed by atoms with E-state index in [1.54, 1.807) is 0 Å². The van der Waals surface area contributed by atoms with Gasteiger partial charge in [0.25, 0.3) is 0 Å². The van der Waals surface area contributed by atoms with Crippen molar-refractivity contribution in [1.29, 1.82) is 0 Å². The first-order valence-corrected chi connectivity index (χ1v) is 5.38. The molecule has 0 N–H and O–H groups in total. The Bertz CT molecular complexity index is 591. The van der Waals surface area contributed by atoms with E-state index in [0.29, 0.717) is 12.1 Å².